The Kier molecular flexibility index (Phi) is 4.19. The van der Waals surface area contributed by atoms with Crippen LogP contribution in [0.1, 0.15) is 31.1 Å². The number of carbonyl (C=O) groups excluding carboxylic acids is 1. The van der Waals surface area contributed by atoms with Crippen molar-refractivity contribution in [1.29, 1.82) is 0 Å². The van der Waals surface area contributed by atoms with Crippen LogP contribution in [0.5, 0.6) is 0 Å². The Balaban J connectivity index is 1.56. The molecule has 8 heteroatoms. The maximum Gasteiger partial charge on any atom is 0.320 e. The molecule has 140 valence electrons. The van der Waals surface area contributed by atoms with Gasteiger partial charge in [-0.1, -0.05) is 30.3 Å². The average Bonchev–Trinajstić information content (AvgIpc) is 3.04. The third kappa shape index (κ3) is 3.43. The number of pyridine rings is 1. The molecule has 2 aromatic heterocycles. The Morgan fingerprint density at radius 2 is 2.07 bits per heavy atom. The first-order valence-electron chi connectivity index (χ1n) is 8.88. The van der Waals surface area contributed by atoms with Gasteiger partial charge in [0.05, 0.1) is 28.2 Å². The number of carbonyl (C=O) groups is 1. The highest BCUT2D eigenvalue weighted by atomic mass is 16.3. The zero-order chi connectivity index (χ0) is 19.0. The Morgan fingerprint density at radius 3 is 2.81 bits per heavy atom. The molecule has 1 aliphatic heterocycles. The van der Waals surface area contributed by atoms with Crippen LogP contribution in [0.4, 0.5) is 16.4 Å². The molecular formula is C19H22N6O2. The predicted octanol–water partition coefficient (Wildman–Crippen LogP) is 2.56. The highest BCUT2D eigenvalue weighted by Gasteiger charge is 2.30. The Labute approximate surface area is 156 Å². The number of aliphatic hydroxyl groups is 1. The fourth-order valence-corrected chi connectivity index (χ4v) is 3.39. The minimum atomic E-state index is -1.13. The van der Waals surface area contributed by atoms with Gasteiger partial charge in [-0.15, -0.1) is 0 Å². The molecule has 8 nitrogen and oxygen atoms in total. The van der Waals surface area contributed by atoms with Crippen LogP contribution in [-0.2, 0) is 6.42 Å². The number of anilines is 2. The third-order valence-corrected chi connectivity index (χ3v) is 4.63. The van der Waals surface area contributed by atoms with Crippen molar-refractivity contribution in [2.75, 3.05) is 17.2 Å². The lowest BCUT2D eigenvalue weighted by atomic mass is 9.92. The summed E-state index contributed by atoms with van der Waals surface area (Å²) in [4.78, 5) is 17.1. The van der Waals surface area contributed by atoms with Crippen LogP contribution in [0.25, 0.3) is 10.9 Å². The summed E-state index contributed by atoms with van der Waals surface area (Å²) >= 11 is 0. The van der Waals surface area contributed by atoms with Gasteiger partial charge in [-0.3, -0.25) is 10.4 Å². The minimum absolute atomic E-state index is 0.432. The number of nitrogens with zero attached hydrogens (tertiary/aromatic N) is 2. The highest BCUT2D eigenvalue weighted by Crippen LogP contribution is 2.29. The van der Waals surface area contributed by atoms with Crippen molar-refractivity contribution in [3.63, 3.8) is 0 Å². The van der Waals surface area contributed by atoms with Gasteiger partial charge in [-0.25, -0.2) is 9.78 Å². The van der Waals surface area contributed by atoms with E-state index in [4.69, 9.17) is 0 Å². The highest BCUT2D eigenvalue weighted by molar-refractivity contribution is 5.96. The molecule has 1 aromatic carbocycles. The molecule has 1 aliphatic rings. The molecule has 0 spiro atoms. The summed E-state index contributed by atoms with van der Waals surface area (Å²) in [6, 6.07) is 10.1. The number of rotatable bonds is 4. The van der Waals surface area contributed by atoms with E-state index in [9.17, 15) is 9.90 Å². The molecule has 0 aliphatic carbocycles. The second-order valence-electron chi connectivity index (χ2n) is 7.22. The molecule has 3 heterocycles. The maximum absolute atomic E-state index is 12.6. The van der Waals surface area contributed by atoms with E-state index in [0.29, 0.717) is 5.82 Å². The van der Waals surface area contributed by atoms with Gasteiger partial charge < -0.3 is 15.7 Å². The zero-order valence-corrected chi connectivity index (χ0v) is 15.2. The molecule has 27 heavy (non-hydrogen) atoms. The fraction of sp³-hybridized carbons (Fsp3) is 0.316. The van der Waals surface area contributed by atoms with E-state index >= 15 is 0 Å². The van der Waals surface area contributed by atoms with E-state index in [0.717, 1.165) is 40.9 Å². The van der Waals surface area contributed by atoms with Crippen LogP contribution in [0.3, 0.4) is 0 Å². The number of hydrogen-bond donors (Lipinski definition) is 5. The SMILES string of the molecule is CC(C)(O)[C@@H](NC(=O)Nc1cc2[nH]nc3c2c(n1)CCN3)c1ccccc1. The first kappa shape index (κ1) is 17.3. The van der Waals surface area contributed by atoms with Crippen LogP contribution in [0.2, 0.25) is 0 Å². The molecular weight excluding hydrogens is 344 g/mol. The summed E-state index contributed by atoms with van der Waals surface area (Å²) in [6.07, 6.45) is 0.760. The second kappa shape index (κ2) is 6.55. The van der Waals surface area contributed by atoms with Crippen LogP contribution in [-0.4, -0.2) is 38.5 Å². The summed E-state index contributed by atoms with van der Waals surface area (Å²) in [5.74, 6) is 1.23. The quantitative estimate of drug-likeness (QED) is 0.487. The zero-order valence-electron chi connectivity index (χ0n) is 15.2. The van der Waals surface area contributed by atoms with E-state index in [1.54, 1.807) is 19.9 Å². The van der Waals surface area contributed by atoms with Gasteiger partial charge in [0.15, 0.2) is 5.82 Å². The van der Waals surface area contributed by atoms with E-state index in [-0.39, 0.29) is 0 Å². The summed E-state index contributed by atoms with van der Waals surface area (Å²) in [7, 11) is 0. The molecule has 4 rings (SSSR count). The van der Waals surface area contributed by atoms with Crippen molar-refractivity contribution >= 4 is 28.6 Å². The first-order valence-corrected chi connectivity index (χ1v) is 8.88. The molecule has 0 saturated heterocycles. The second-order valence-corrected chi connectivity index (χ2v) is 7.22. The predicted molar refractivity (Wildman–Crippen MR) is 104 cm³/mol. The van der Waals surface area contributed by atoms with Gasteiger partial charge in [0.25, 0.3) is 0 Å². The first-order chi connectivity index (χ1) is 12.9. The lowest BCUT2D eigenvalue weighted by molar-refractivity contribution is 0.0415. The number of hydrogen-bond acceptors (Lipinski definition) is 5. The third-order valence-electron chi connectivity index (χ3n) is 4.63. The van der Waals surface area contributed by atoms with Crippen LogP contribution in [0, 0.1) is 0 Å². The van der Waals surface area contributed by atoms with Crippen LogP contribution < -0.4 is 16.0 Å². The molecule has 0 radical (unpaired) electrons. The Hall–Kier alpha value is -3.13. The van der Waals surface area contributed by atoms with E-state index in [1.165, 1.54) is 0 Å². The molecule has 0 unspecified atom stereocenters. The monoisotopic (exact) mass is 366 g/mol. The summed E-state index contributed by atoms with van der Waals surface area (Å²) < 4.78 is 0. The summed E-state index contributed by atoms with van der Waals surface area (Å²) in [5, 5.41) is 27.5. The van der Waals surface area contributed by atoms with Crippen molar-refractivity contribution in [2.45, 2.75) is 31.9 Å². The number of aromatic nitrogens is 3. The van der Waals surface area contributed by atoms with Crippen molar-refractivity contribution in [2.24, 2.45) is 0 Å². The van der Waals surface area contributed by atoms with Gasteiger partial charge >= 0.3 is 6.03 Å². The minimum Gasteiger partial charge on any atom is -0.388 e. The van der Waals surface area contributed by atoms with E-state index in [1.807, 2.05) is 30.3 Å². The van der Waals surface area contributed by atoms with Gasteiger partial charge in [0.2, 0.25) is 0 Å². The smallest absolute Gasteiger partial charge is 0.320 e. The number of benzene rings is 1. The molecule has 3 aromatic rings. The van der Waals surface area contributed by atoms with Gasteiger partial charge in [-0.2, -0.15) is 5.10 Å². The Morgan fingerprint density at radius 1 is 1.30 bits per heavy atom. The van der Waals surface area contributed by atoms with Gasteiger partial charge in [-0.05, 0) is 19.4 Å². The average molecular weight is 366 g/mol. The lowest BCUT2D eigenvalue weighted by Gasteiger charge is -2.30. The molecule has 5 N–H and O–H groups in total. The topological polar surface area (TPSA) is 115 Å². The number of urea groups is 1. The van der Waals surface area contributed by atoms with E-state index < -0.39 is 17.7 Å². The molecule has 0 bridgehead atoms. The number of aromatic amines is 1. The molecule has 0 fully saturated rings. The standard InChI is InChI=1S/C19H22N6O2/c1-19(2,27)16(11-6-4-3-5-7-11)23-18(26)22-14-10-13-15-12(21-14)8-9-20-17(15)25-24-13/h3-7,10,16,27H,8-9H2,1-2H3,(H2,20,24,25)(H2,21,22,23,26)/t16-/m0/s1. The Bertz CT molecular complexity index is 977. The summed E-state index contributed by atoms with van der Waals surface area (Å²) in [5.41, 5.74) is 1.40. The number of H-pyrrole nitrogens is 1. The van der Waals surface area contributed by atoms with Crippen molar-refractivity contribution in [3.05, 3.63) is 47.7 Å². The van der Waals surface area contributed by atoms with E-state index in [2.05, 4.69) is 31.1 Å². The van der Waals surface area contributed by atoms with Crippen LogP contribution in [0.15, 0.2) is 36.4 Å². The largest absolute Gasteiger partial charge is 0.388 e. The van der Waals surface area contributed by atoms with Crippen molar-refractivity contribution in [3.8, 4) is 0 Å². The normalized spacial score (nSPS) is 14.5. The molecule has 0 saturated carbocycles. The van der Waals surface area contributed by atoms with Gasteiger partial charge in [0.1, 0.15) is 5.82 Å². The number of amides is 2. The van der Waals surface area contributed by atoms with Crippen LogP contribution >= 0.6 is 0 Å². The number of nitrogens with one attached hydrogen (secondary N) is 4. The molecule has 1 atom stereocenters. The fourth-order valence-electron chi connectivity index (χ4n) is 3.39. The maximum atomic E-state index is 12.6. The van der Waals surface area contributed by atoms with Crippen molar-refractivity contribution < 1.29 is 9.90 Å². The summed E-state index contributed by atoms with van der Waals surface area (Å²) in [6.45, 7) is 4.08. The van der Waals surface area contributed by atoms with Crippen molar-refractivity contribution in [1.82, 2.24) is 20.5 Å². The van der Waals surface area contributed by atoms with Gasteiger partial charge in [0, 0.05) is 19.0 Å². The molecule has 2 amide bonds. The lowest BCUT2D eigenvalue weighted by Crippen LogP contribution is -2.44.